The van der Waals surface area contributed by atoms with Gasteiger partial charge < -0.3 is 9.47 Å². The molecular weight excluding hydrogens is 354 g/mol. The maximum absolute atomic E-state index is 13.1. The molecule has 0 amide bonds. The monoisotopic (exact) mass is 375 g/mol. The molecule has 7 heteroatoms. The van der Waals surface area contributed by atoms with Crippen LogP contribution in [0.5, 0.6) is 0 Å². The van der Waals surface area contributed by atoms with Crippen molar-refractivity contribution in [1.29, 1.82) is 0 Å². The maximum Gasteiger partial charge on any atom is 0.338 e. The summed E-state index contributed by atoms with van der Waals surface area (Å²) in [4.78, 5) is 12.0. The Hall–Kier alpha value is -2.38. The van der Waals surface area contributed by atoms with E-state index in [2.05, 4.69) is 0 Å². The van der Waals surface area contributed by atoms with Gasteiger partial charge in [0.15, 0.2) is 0 Å². The van der Waals surface area contributed by atoms with Crippen LogP contribution in [0.15, 0.2) is 53.4 Å². The number of benzene rings is 2. The van der Waals surface area contributed by atoms with Gasteiger partial charge in [0.1, 0.15) is 0 Å². The van der Waals surface area contributed by atoms with Crippen LogP contribution in [0.2, 0.25) is 0 Å². The molecule has 2 aromatic rings. The highest BCUT2D eigenvalue weighted by Gasteiger charge is 2.33. The highest BCUT2D eigenvalue weighted by atomic mass is 32.2. The molecule has 0 saturated carbocycles. The molecule has 2 aromatic carbocycles. The van der Waals surface area contributed by atoms with Gasteiger partial charge in [-0.3, -0.25) is 4.31 Å². The fourth-order valence-corrected chi connectivity index (χ4v) is 4.01. The molecule has 0 N–H and O–H groups in total. The Morgan fingerprint density at radius 2 is 1.77 bits per heavy atom. The third-order valence-corrected chi connectivity index (χ3v) is 5.86. The fourth-order valence-electron chi connectivity index (χ4n) is 2.52. The Bertz CT molecular complexity index is 871. The first-order chi connectivity index (χ1) is 12.4. The van der Waals surface area contributed by atoms with Crippen LogP contribution in [0.25, 0.3) is 0 Å². The minimum Gasteiger partial charge on any atom is -0.462 e. The van der Waals surface area contributed by atoms with Gasteiger partial charge in [0.2, 0.25) is 0 Å². The zero-order chi connectivity index (χ0) is 18.7. The van der Waals surface area contributed by atoms with Gasteiger partial charge in [0.25, 0.3) is 10.0 Å². The Balaban J connectivity index is 1.92. The van der Waals surface area contributed by atoms with Crippen LogP contribution in [0.1, 0.15) is 22.8 Å². The smallest absolute Gasteiger partial charge is 0.338 e. The second-order valence-electron chi connectivity index (χ2n) is 6.07. The van der Waals surface area contributed by atoms with Gasteiger partial charge in [0.05, 0.1) is 42.0 Å². The molecular formula is C19H21NO5S. The summed E-state index contributed by atoms with van der Waals surface area (Å²) in [6, 6.07) is 13.1. The predicted octanol–water partition coefficient (Wildman–Crippen LogP) is 2.77. The average Bonchev–Trinajstić information content (AvgIpc) is 3.44. The van der Waals surface area contributed by atoms with E-state index in [1.165, 1.54) is 4.31 Å². The number of carbonyl (C=O) groups excluding carboxylic acids is 1. The second-order valence-corrected chi connectivity index (χ2v) is 7.93. The van der Waals surface area contributed by atoms with Crippen molar-refractivity contribution in [3.05, 3.63) is 59.7 Å². The predicted molar refractivity (Wildman–Crippen MR) is 97.8 cm³/mol. The van der Waals surface area contributed by atoms with Crippen LogP contribution in [-0.2, 0) is 19.5 Å². The highest BCUT2D eigenvalue weighted by molar-refractivity contribution is 7.92. The highest BCUT2D eigenvalue weighted by Crippen LogP contribution is 2.27. The number of aryl methyl sites for hydroxylation is 1. The zero-order valence-electron chi connectivity index (χ0n) is 14.7. The Labute approximate surface area is 153 Å². The number of epoxide rings is 1. The van der Waals surface area contributed by atoms with Gasteiger partial charge in [-0.15, -0.1) is 0 Å². The van der Waals surface area contributed by atoms with E-state index in [4.69, 9.17) is 9.47 Å². The summed E-state index contributed by atoms with van der Waals surface area (Å²) in [6.07, 6.45) is -0.111. The normalized spacial score (nSPS) is 16.2. The quantitative estimate of drug-likeness (QED) is 0.549. The molecule has 0 spiro atoms. The minimum absolute atomic E-state index is 0.111. The number of carbonyl (C=O) groups is 1. The SMILES string of the molecule is CCOC(=O)c1ccc(N(C[C@H]2CO2)S(=O)(=O)c2ccc(C)cc2)cc1. The van der Waals surface area contributed by atoms with Crippen LogP contribution >= 0.6 is 0 Å². The molecule has 1 saturated heterocycles. The minimum atomic E-state index is -3.73. The molecule has 1 fully saturated rings. The van der Waals surface area contributed by atoms with Crippen LogP contribution in [-0.4, -0.2) is 40.2 Å². The van der Waals surface area contributed by atoms with Crippen molar-refractivity contribution >= 4 is 21.7 Å². The summed E-state index contributed by atoms with van der Waals surface area (Å²) >= 11 is 0. The van der Waals surface area contributed by atoms with E-state index in [0.717, 1.165) is 5.56 Å². The molecule has 1 aliphatic heterocycles. The Morgan fingerprint density at radius 3 is 2.31 bits per heavy atom. The van der Waals surface area contributed by atoms with Gasteiger partial charge in [-0.25, -0.2) is 13.2 Å². The molecule has 138 valence electrons. The Morgan fingerprint density at radius 1 is 1.15 bits per heavy atom. The van der Waals surface area contributed by atoms with Gasteiger partial charge in [-0.05, 0) is 50.2 Å². The number of rotatable bonds is 7. The Kier molecular flexibility index (Phi) is 5.29. The lowest BCUT2D eigenvalue weighted by Gasteiger charge is -2.24. The molecule has 0 unspecified atom stereocenters. The van der Waals surface area contributed by atoms with Gasteiger partial charge in [0, 0.05) is 0 Å². The fraction of sp³-hybridized carbons (Fsp3) is 0.316. The average molecular weight is 375 g/mol. The molecule has 1 atom stereocenters. The third kappa shape index (κ3) is 4.05. The van der Waals surface area contributed by atoms with Crippen molar-refractivity contribution in [3.63, 3.8) is 0 Å². The second kappa shape index (κ2) is 7.47. The standard InChI is InChI=1S/C19H21NO5S/c1-3-24-19(21)15-6-8-16(9-7-15)20(12-17-13-25-17)26(22,23)18-10-4-14(2)5-11-18/h4-11,17H,3,12-13H2,1-2H3/t17-/m0/s1. The summed E-state index contributed by atoms with van der Waals surface area (Å²) in [5.74, 6) is -0.433. The summed E-state index contributed by atoms with van der Waals surface area (Å²) in [5, 5.41) is 0. The van der Waals surface area contributed by atoms with Crippen molar-refractivity contribution in [3.8, 4) is 0 Å². The first kappa shape index (κ1) is 18.4. The van der Waals surface area contributed by atoms with Gasteiger partial charge >= 0.3 is 5.97 Å². The summed E-state index contributed by atoms with van der Waals surface area (Å²) in [6.45, 7) is 4.70. The molecule has 6 nitrogen and oxygen atoms in total. The molecule has 26 heavy (non-hydrogen) atoms. The molecule has 0 radical (unpaired) electrons. The van der Waals surface area contributed by atoms with Crippen LogP contribution < -0.4 is 4.31 Å². The lowest BCUT2D eigenvalue weighted by Crippen LogP contribution is -2.34. The number of ether oxygens (including phenoxy) is 2. The van der Waals surface area contributed by atoms with E-state index in [1.807, 2.05) is 6.92 Å². The topological polar surface area (TPSA) is 76.2 Å². The van der Waals surface area contributed by atoms with E-state index in [-0.39, 0.29) is 24.2 Å². The lowest BCUT2D eigenvalue weighted by molar-refractivity contribution is 0.0526. The van der Waals surface area contributed by atoms with Crippen LogP contribution in [0.4, 0.5) is 5.69 Å². The van der Waals surface area contributed by atoms with E-state index in [0.29, 0.717) is 17.9 Å². The summed E-state index contributed by atoms with van der Waals surface area (Å²) in [7, 11) is -3.73. The van der Waals surface area contributed by atoms with Crippen molar-refractivity contribution in [2.75, 3.05) is 24.1 Å². The van der Waals surface area contributed by atoms with Crippen molar-refractivity contribution in [1.82, 2.24) is 0 Å². The number of hydrogen-bond acceptors (Lipinski definition) is 5. The first-order valence-electron chi connectivity index (χ1n) is 8.40. The number of esters is 1. The van der Waals surface area contributed by atoms with Gasteiger partial charge in [-0.1, -0.05) is 17.7 Å². The van der Waals surface area contributed by atoms with E-state index >= 15 is 0 Å². The van der Waals surface area contributed by atoms with Gasteiger partial charge in [-0.2, -0.15) is 0 Å². The van der Waals surface area contributed by atoms with Crippen LogP contribution in [0, 0.1) is 6.92 Å². The molecule has 1 aliphatic rings. The number of hydrogen-bond donors (Lipinski definition) is 0. The van der Waals surface area contributed by atoms with Crippen LogP contribution in [0.3, 0.4) is 0 Å². The molecule has 3 rings (SSSR count). The largest absolute Gasteiger partial charge is 0.462 e. The first-order valence-corrected chi connectivity index (χ1v) is 9.84. The number of nitrogens with zero attached hydrogens (tertiary/aromatic N) is 1. The van der Waals surface area contributed by atoms with Crippen molar-refractivity contribution in [2.45, 2.75) is 24.8 Å². The zero-order valence-corrected chi connectivity index (χ0v) is 15.5. The molecule has 0 aliphatic carbocycles. The molecule has 0 aromatic heterocycles. The lowest BCUT2D eigenvalue weighted by atomic mass is 10.2. The van der Waals surface area contributed by atoms with E-state index in [9.17, 15) is 13.2 Å². The summed E-state index contributed by atoms with van der Waals surface area (Å²) < 4.78 is 37.7. The van der Waals surface area contributed by atoms with Crippen molar-refractivity contribution in [2.24, 2.45) is 0 Å². The van der Waals surface area contributed by atoms with E-state index in [1.54, 1.807) is 55.5 Å². The third-order valence-electron chi connectivity index (χ3n) is 4.05. The van der Waals surface area contributed by atoms with E-state index < -0.39 is 16.0 Å². The molecule has 1 heterocycles. The maximum atomic E-state index is 13.1. The molecule has 0 bridgehead atoms. The number of sulfonamides is 1. The van der Waals surface area contributed by atoms with Crippen molar-refractivity contribution < 1.29 is 22.7 Å². The number of anilines is 1. The summed E-state index contributed by atoms with van der Waals surface area (Å²) in [5.41, 5.74) is 1.85.